The lowest BCUT2D eigenvalue weighted by Crippen LogP contribution is -2.37. The molecule has 0 aromatic rings. The predicted molar refractivity (Wildman–Crippen MR) is 151 cm³/mol. The molecular weight excluding hydrogens is 486 g/mol. The van der Waals surface area contributed by atoms with Crippen molar-refractivity contribution in [3.8, 4) is 0 Å². The maximum absolute atomic E-state index is 11.3. The van der Waals surface area contributed by atoms with Gasteiger partial charge in [0.05, 0.1) is 24.7 Å². The number of hydrogen-bond donors (Lipinski definition) is 5. The quantitative estimate of drug-likeness (QED) is 0.0820. The number of carboxylic acids is 1. The van der Waals surface area contributed by atoms with Crippen molar-refractivity contribution in [1.82, 2.24) is 0 Å². The summed E-state index contributed by atoms with van der Waals surface area (Å²) in [5, 5.41) is 40.0. The summed E-state index contributed by atoms with van der Waals surface area (Å²) in [7, 11) is 0. The van der Waals surface area contributed by atoms with E-state index in [0.717, 1.165) is 24.8 Å². The van der Waals surface area contributed by atoms with Gasteiger partial charge in [-0.25, -0.2) is 4.79 Å². The van der Waals surface area contributed by atoms with Crippen LogP contribution in [0.3, 0.4) is 0 Å². The lowest BCUT2D eigenvalue weighted by atomic mass is 9.84. The Morgan fingerprint density at radius 2 is 1.61 bits per heavy atom. The first-order chi connectivity index (χ1) is 17.8. The molecule has 0 aliphatic carbocycles. The topological polar surface area (TPSA) is 150 Å². The zero-order chi connectivity index (χ0) is 29.3. The number of carboxylic acid groups (broad SMARTS) is 1. The molecule has 0 rings (SSSR count). The third-order valence-electron chi connectivity index (χ3n) is 7.03. The van der Waals surface area contributed by atoms with E-state index in [4.69, 9.17) is 15.6 Å². The summed E-state index contributed by atoms with van der Waals surface area (Å²) in [5.74, 6) is -1.55. The van der Waals surface area contributed by atoms with Gasteiger partial charge in [-0.05, 0) is 50.9 Å². The minimum absolute atomic E-state index is 0.0670. The second-order valence-electron chi connectivity index (χ2n) is 10.6. The highest BCUT2D eigenvalue weighted by molar-refractivity contribution is 5.67. The van der Waals surface area contributed by atoms with E-state index in [1.807, 2.05) is 58.9 Å². The summed E-state index contributed by atoms with van der Waals surface area (Å²) in [6.07, 6.45) is 11.4. The number of amides is 1. The van der Waals surface area contributed by atoms with Crippen LogP contribution < -0.4 is 5.73 Å². The molecule has 0 saturated heterocycles. The number of aliphatic hydroxyl groups is 3. The molecule has 0 aromatic heterocycles. The number of aliphatic carboxylic acids is 1. The Balaban J connectivity index is 4.69. The molecule has 0 spiro atoms. The molecule has 8 heteroatoms. The van der Waals surface area contributed by atoms with Crippen LogP contribution in [0.25, 0.3) is 0 Å². The highest BCUT2D eigenvalue weighted by atomic mass is 16.6. The molecule has 0 fully saturated rings. The first-order valence-corrected chi connectivity index (χ1v) is 13.6. The number of ether oxygens (including phenoxy) is 1. The third-order valence-corrected chi connectivity index (χ3v) is 7.03. The Labute approximate surface area is 229 Å². The van der Waals surface area contributed by atoms with Gasteiger partial charge < -0.3 is 30.9 Å². The standard InChI is InChI=1S/C30H51NO7/c1-7-8-11-16-27(38-30(31)37)24(6)29(36)23(5)18-20(2)17-22(4)25(32)15-13-10-9-12-14-21(3)26(33)19-28(34)35/h7-8,10-11,13,17,21-27,29,32-33,36H,1,9,12,14-16,18-19H2,2-6H3,(H2,31,37)(H,34,35)/b11-8-,13-10-,20-17-/t21?,22?,23?,24-,25?,26?,27+,29?/m1/s1. The van der Waals surface area contributed by atoms with Crippen LogP contribution in [-0.2, 0) is 9.53 Å². The maximum Gasteiger partial charge on any atom is 0.404 e. The zero-order valence-electron chi connectivity index (χ0n) is 23.8. The summed E-state index contributed by atoms with van der Waals surface area (Å²) >= 11 is 0. The number of rotatable bonds is 20. The molecule has 1 amide bonds. The summed E-state index contributed by atoms with van der Waals surface area (Å²) in [6.45, 7) is 13.2. The number of carbonyl (C=O) groups is 2. The van der Waals surface area contributed by atoms with Gasteiger partial charge in [-0.3, -0.25) is 4.79 Å². The molecule has 0 radical (unpaired) electrons. The number of carbonyl (C=O) groups excluding carboxylic acids is 1. The molecule has 8 atom stereocenters. The summed E-state index contributed by atoms with van der Waals surface area (Å²) in [4.78, 5) is 22.0. The minimum Gasteiger partial charge on any atom is -0.481 e. The third kappa shape index (κ3) is 15.7. The fraction of sp³-hybridized carbons (Fsp3) is 0.667. The fourth-order valence-corrected chi connectivity index (χ4v) is 4.52. The summed E-state index contributed by atoms with van der Waals surface area (Å²) in [5.41, 5.74) is 6.28. The van der Waals surface area contributed by atoms with E-state index in [-0.39, 0.29) is 30.1 Å². The van der Waals surface area contributed by atoms with Crippen molar-refractivity contribution in [2.45, 2.75) is 104 Å². The Bertz CT molecular complexity index is 791. The van der Waals surface area contributed by atoms with Gasteiger partial charge in [-0.1, -0.05) is 76.3 Å². The van der Waals surface area contributed by atoms with E-state index < -0.39 is 36.5 Å². The Morgan fingerprint density at radius 3 is 2.18 bits per heavy atom. The lowest BCUT2D eigenvalue weighted by molar-refractivity contribution is -0.139. The fourth-order valence-electron chi connectivity index (χ4n) is 4.52. The van der Waals surface area contributed by atoms with Crippen LogP contribution in [0.4, 0.5) is 4.79 Å². The smallest absolute Gasteiger partial charge is 0.404 e. The lowest BCUT2D eigenvalue weighted by Gasteiger charge is -2.30. The van der Waals surface area contributed by atoms with E-state index in [1.165, 1.54) is 0 Å². The van der Waals surface area contributed by atoms with Gasteiger partial charge in [0.1, 0.15) is 6.10 Å². The van der Waals surface area contributed by atoms with Crippen molar-refractivity contribution >= 4 is 12.1 Å². The molecule has 218 valence electrons. The molecular formula is C30H51NO7. The maximum atomic E-state index is 11.3. The van der Waals surface area contributed by atoms with E-state index >= 15 is 0 Å². The monoisotopic (exact) mass is 537 g/mol. The predicted octanol–water partition coefficient (Wildman–Crippen LogP) is 5.14. The van der Waals surface area contributed by atoms with E-state index in [1.54, 1.807) is 12.2 Å². The molecule has 0 aromatic carbocycles. The van der Waals surface area contributed by atoms with Crippen molar-refractivity contribution in [3.05, 3.63) is 48.6 Å². The summed E-state index contributed by atoms with van der Waals surface area (Å²) < 4.78 is 5.24. The molecule has 0 bridgehead atoms. The van der Waals surface area contributed by atoms with Crippen LogP contribution in [-0.4, -0.2) is 56.9 Å². The number of nitrogens with two attached hydrogens (primary N) is 1. The van der Waals surface area contributed by atoms with Crippen molar-refractivity contribution in [1.29, 1.82) is 0 Å². The molecule has 8 nitrogen and oxygen atoms in total. The SMILES string of the molecule is C=C/C=C\C[C@H](OC(N)=O)[C@@H](C)C(O)C(C)C/C(C)=C\C(C)C(O)C/C=C\CCCC(C)C(O)CC(=O)O. The van der Waals surface area contributed by atoms with Gasteiger partial charge in [0.25, 0.3) is 0 Å². The highest BCUT2D eigenvalue weighted by Gasteiger charge is 2.30. The van der Waals surface area contributed by atoms with E-state index in [2.05, 4.69) is 6.58 Å². The zero-order valence-corrected chi connectivity index (χ0v) is 23.8. The van der Waals surface area contributed by atoms with E-state index in [9.17, 15) is 24.9 Å². The average molecular weight is 538 g/mol. The molecule has 0 aliphatic heterocycles. The molecule has 6 unspecified atom stereocenters. The highest BCUT2D eigenvalue weighted by Crippen LogP contribution is 2.26. The number of aliphatic hydroxyl groups excluding tert-OH is 3. The van der Waals surface area contributed by atoms with Crippen LogP contribution in [0.15, 0.2) is 48.6 Å². The number of primary amides is 1. The van der Waals surface area contributed by atoms with Gasteiger partial charge >= 0.3 is 12.1 Å². The van der Waals surface area contributed by atoms with Gasteiger partial charge in [0.15, 0.2) is 0 Å². The van der Waals surface area contributed by atoms with E-state index in [0.29, 0.717) is 19.3 Å². The molecule has 6 N–H and O–H groups in total. The van der Waals surface area contributed by atoms with Crippen molar-refractivity contribution in [2.75, 3.05) is 0 Å². The normalized spacial score (nSPS) is 18.9. The Morgan fingerprint density at radius 1 is 0.947 bits per heavy atom. The Hall–Kier alpha value is -2.42. The van der Waals surface area contributed by atoms with Crippen molar-refractivity contribution in [2.24, 2.45) is 29.4 Å². The molecule has 38 heavy (non-hydrogen) atoms. The second-order valence-corrected chi connectivity index (χ2v) is 10.6. The van der Waals surface area contributed by atoms with Crippen molar-refractivity contribution in [3.63, 3.8) is 0 Å². The average Bonchev–Trinajstić information content (AvgIpc) is 2.83. The van der Waals surface area contributed by atoms with Gasteiger partial charge in [0.2, 0.25) is 0 Å². The number of allylic oxidation sites excluding steroid dienone is 4. The molecule has 0 saturated carbocycles. The van der Waals surface area contributed by atoms with Gasteiger partial charge in [-0.15, -0.1) is 0 Å². The second kappa shape index (κ2) is 19.6. The summed E-state index contributed by atoms with van der Waals surface area (Å²) in [6, 6.07) is 0. The molecule has 0 aliphatic rings. The van der Waals surface area contributed by atoms with Gasteiger partial charge in [-0.2, -0.15) is 0 Å². The number of unbranched alkanes of at least 4 members (excludes halogenated alkanes) is 1. The Kier molecular flexibility index (Phi) is 18.4. The van der Waals surface area contributed by atoms with Crippen LogP contribution in [0.1, 0.15) is 79.6 Å². The molecule has 0 heterocycles. The van der Waals surface area contributed by atoms with Crippen LogP contribution in [0.5, 0.6) is 0 Å². The minimum atomic E-state index is -0.993. The first-order valence-electron chi connectivity index (χ1n) is 13.6. The van der Waals surface area contributed by atoms with Crippen LogP contribution in [0.2, 0.25) is 0 Å². The largest absolute Gasteiger partial charge is 0.481 e. The van der Waals surface area contributed by atoms with Crippen molar-refractivity contribution < 1.29 is 34.8 Å². The number of hydrogen-bond acceptors (Lipinski definition) is 6. The first kappa shape index (κ1) is 35.6. The van der Waals surface area contributed by atoms with Crippen LogP contribution in [0, 0.1) is 23.7 Å². The van der Waals surface area contributed by atoms with Crippen LogP contribution >= 0.6 is 0 Å². The van der Waals surface area contributed by atoms with Gasteiger partial charge in [0, 0.05) is 18.3 Å².